The molecule has 0 aliphatic heterocycles. The van der Waals surface area contributed by atoms with Gasteiger partial charge in [-0.1, -0.05) is 19.8 Å². The second kappa shape index (κ2) is 7.15. The summed E-state index contributed by atoms with van der Waals surface area (Å²) in [7, 11) is 0. The molecule has 100 valence electrons. The molecule has 0 aromatic carbocycles. The zero-order valence-corrected chi connectivity index (χ0v) is 11.7. The largest absolute Gasteiger partial charge is 0.480 e. The summed E-state index contributed by atoms with van der Waals surface area (Å²) < 4.78 is 2.22. The van der Waals surface area contributed by atoms with Crippen molar-refractivity contribution < 1.29 is 14.7 Å². The predicted molar refractivity (Wildman–Crippen MR) is 69.0 cm³/mol. The van der Waals surface area contributed by atoms with Crippen molar-refractivity contribution in [1.82, 2.24) is 15.1 Å². The number of carbonyl (C=O) groups is 2. The van der Waals surface area contributed by atoms with Gasteiger partial charge in [-0.05, 0) is 22.4 Å². The van der Waals surface area contributed by atoms with E-state index in [2.05, 4.69) is 26.3 Å². The van der Waals surface area contributed by atoms with Crippen LogP contribution in [0.1, 0.15) is 26.2 Å². The van der Waals surface area contributed by atoms with Gasteiger partial charge in [0.15, 0.2) is 0 Å². The maximum absolute atomic E-state index is 11.6. The Hall–Kier alpha value is -1.37. The van der Waals surface area contributed by atoms with Gasteiger partial charge in [0, 0.05) is 6.20 Å². The maximum Gasteiger partial charge on any atom is 0.326 e. The van der Waals surface area contributed by atoms with Crippen molar-refractivity contribution in [2.24, 2.45) is 0 Å². The van der Waals surface area contributed by atoms with Gasteiger partial charge >= 0.3 is 5.97 Å². The topological polar surface area (TPSA) is 84.2 Å². The summed E-state index contributed by atoms with van der Waals surface area (Å²) >= 11 is 3.22. The fraction of sp³-hybridized carbons (Fsp3) is 0.545. The molecule has 0 aliphatic carbocycles. The molecule has 1 aromatic heterocycles. The van der Waals surface area contributed by atoms with Crippen LogP contribution in [0.3, 0.4) is 0 Å². The Balaban J connectivity index is 2.48. The fourth-order valence-corrected chi connectivity index (χ4v) is 1.81. The van der Waals surface area contributed by atoms with Crippen LogP contribution in [0.15, 0.2) is 16.9 Å². The highest BCUT2D eigenvalue weighted by atomic mass is 79.9. The molecule has 1 rings (SSSR count). The molecule has 0 aliphatic rings. The minimum absolute atomic E-state index is 0.0154. The Kier molecular flexibility index (Phi) is 5.84. The SMILES string of the molecule is CCCC[C@H](NC(=O)Cn1cc(Br)cn1)C(=O)O. The van der Waals surface area contributed by atoms with E-state index in [0.717, 1.165) is 17.3 Å². The highest BCUT2D eigenvalue weighted by Gasteiger charge is 2.19. The number of nitrogens with zero attached hydrogens (tertiary/aromatic N) is 2. The van der Waals surface area contributed by atoms with Crippen molar-refractivity contribution in [2.75, 3.05) is 0 Å². The van der Waals surface area contributed by atoms with E-state index < -0.39 is 12.0 Å². The molecule has 0 radical (unpaired) electrons. The first-order valence-corrected chi connectivity index (χ1v) is 6.52. The molecule has 18 heavy (non-hydrogen) atoms. The third kappa shape index (κ3) is 4.87. The number of carbonyl (C=O) groups excluding carboxylic acids is 1. The summed E-state index contributed by atoms with van der Waals surface area (Å²) in [6.45, 7) is 1.99. The molecule has 1 atom stereocenters. The van der Waals surface area contributed by atoms with Crippen LogP contribution in [0.25, 0.3) is 0 Å². The Morgan fingerprint density at radius 2 is 2.33 bits per heavy atom. The third-order valence-electron chi connectivity index (χ3n) is 2.39. The molecule has 0 fully saturated rings. The van der Waals surface area contributed by atoms with Gasteiger partial charge in [0.1, 0.15) is 12.6 Å². The Bertz CT molecular complexity index is 419. The number of carboxylic acids is 1. The molecule has 6 nitrogen and oxygen atoms in total. The van der Waals surface area contributed by atoms with Crippen LogP contribution in [0.2, 0.25) is 0 Å². The lowest BCUT2D eigenvalue weighted by atomic mass is 10.1. The lowest BCUT2D eigenvalue weighted by Crippen LogP contribution is -2.42. The number of nitrogens with one attached hydrogen (secondary N) is 1. The molecule has 0 spiro atoms. The number of amides is 1. The number of halogens is 1. The normalized spacial score (nSPS) is 12.1. The summed E-state index contributed by atoms with van der Waals surface area (Å²) in [6, 6.07) is -0.823. The highest BCUT2D eigenvalue weighted by molar-refractivity contribution is 9.10. The number of aromatic nitrogens is 2. The van der Waals surface area contributed by atoms with Gasteiger partial charge in [0.25, 0.3) is 0 Å². The molecule has 2 N–H and O–H groups in total. The van der Waals surface area contributed by atoms with Gasteiger partial charge in [-0.3, -0.25) is 9.48 Å². The molecule has 0 bridgehead atoms. The van der Waals surface area contributed by atoms with Crippen LogP contribution in [0.4, 0.5) is 0 Å². The zero-order valence-electron chi connectivity index (χ0n) is 10.1. The molecule has 1 aromatic rings. The second-order valence-electron chi connectivity index (χ2n) is 3.96. The average Bonchev–Trinajstić information content (AvgIpc) is 2.69. The van der Waals surface area contributed by atoms with Crippen LogP contribution < -0.4 is 5.32 Å². The van der Waals surface area contributed by atoms with Gasteiger partial charge in [-0.25, -0.2) is 4.79 Å². The molecular formula is C11H16BrN3O3. The number of carboxylic acid groups (broad SMARTS) is 1. The van der Waals surface area contributed by atoms with Gasteiger partial charge in [-0.15, -0.1) is 0 Å². The Labute approximate surface area is 113 Å². The second-order valence-corrected chi connectivity index (χ2v) is 4.87. The molecular weight excluding hydrogens is 302 g/mol. The standard InChI is InChI=1S/C11H16BrN3O3/c1-2-3-4-9(11(17)18)14-10(16)7-15-6-8(12)5-13-15/h5-6,9H,2-4,7H2,1H3,(H,14,16)(H,17,18)/t9-/m0/s1. The number of hydrogen-bond acceptors (Lipinski definition) is 3. The minimum atomic E-state index is -1.00. The molecule has 1 amide bonds. The van der Waals surface area contributed by atoms with E-state index in [0.29, 0.717) is 6.42 Å². The van der Waals surface area contributed by atoms with Crippen molar-refractivity contribution in [3.8, 4) is 0 Å². The summed E-state index contributed by atoms with van der Waals surface area (Å²) in [4.78, 5) is 22.6. The van der Waals surface area contributed by atoms with Crippen LogP contribution in [0, 0.1) is 0 Å². The van der Waals surface area contributed by atoms with Gasteiger partial charge in [-0.2, -0.15) is 5.10 Å². The smallest absolute Gasteiger partial charge is 0.326 e. The fourth-order valence-electron chi connectivity index (χ4n) is 1.48. The van der Waals surface area contributed by atoms with Crippen molar-refractivity contribution >= 4 is 27.8 Å². The van der Waals surface area contributed by atoms with Crippen molar-refractivity contribution in [3.63, 3.8) is 0 Å². The third-order valence-corrected chi connectivity index (χ3v) is 2.80. The molecule has 7 heteroatoms. The van der Waals surface area contributed by atoms with E-state index in [1.54, 1.807) is 12.4 Å². The van der Waals surface area contributed by atoms with E-state index in [1.807, 2.05) is 6.92 Å². The number of hydrogen-bond donors (Lipinski definition) is 2. The number of rotatable bonds is 7. The predicted octanol–water partition coefficient (Wildman–Crippen LogP) is 1.41. The highest BCUT2D eigenvalue weighted by Crippen LogP contribution is 2.06. The van der Waals surface area contributed by atoms with E-state index in [4.69, 9.17) is 5.11 Å². The monoisotopic (exact) mass is 317 g/mol. The van der Waals surface area contributed by atoms with Crippen molar-refractivity contribution in [3.05, 3.63) is 16.9 Å². The average molecular weight is 318 g/mol. The molecule has 0 saturated heterocycles. The van der Waals surface area contributed by atoms with E-state index >= 15 is 0 Å². The van der Waals surface area contributed by atoms with Crippen molar-refractivity contribution in [2.45, 2.75) is 38.8 Å². The quantitative estimate of drug-likeness (QED) is 0.796. The van der Waals surface area contributed by atoms with Crippen LogP contribution >= 0.6 is 15.9 Å². The number of unbranched alkanes of at least 4 members (excludes halogenated alkanes) is 1. The van der Waals surface area contributed by atoms with Gasteiger partial charge in [0.2, 0.25) is 5.91 Å². The van der Waals surface area contributed by atoms with E-state index in [1.165, 1.54) is 4.68 Å². The van der Waals surface area contributed by atoms with E-state index in [-0.39, 0.29) is 12.5 Å². The van der Waals surface area contributed by atoms with Crippen LogP contribution in [0.5, 0.6) is 0 Å². The van der Waals surface area contributed by atoms with Crippen molar-refractivity contribution in [1.29, 1.82) is 0 Å². The first-order valence-electron chi connectivity index (χ1n) is 5.73. The van der Waals surface area contributed by atoms with E-state index in [9.17, 15) is 9.59 Å². The zero-order chi connectivity index (χ0) is 13.5. The summed E-state index contributed by atoms with van der Waals surface area (Å²) in [5.41, 5.74) is 0. The first-order chi connectivity index (χ1) is 8.52. The molecule has 0 saturated carbocycles. The van der Waals surface area contributed by atoms with Crippen LogP contribution in [-0.2, 0) is 16.1 Å². The minimum Gasteiger partial charge on any atom is -0.480 e. The Morgan fingerprint density at radius 1 is 1.61 bits per heavy atom. The lowest BCUT2D eigenvalue weighted by Gasteiger charge is -2.13. The molecule has 0 unspecified atom stereocenters. The van der Waals surface area contributed by atoms with Gasteiger partial charge in [0.05, 0.1) is 10.7 Å². The summed E-state index contributed by atoms with van der Waals surface area (Å²) in [6.07, 6.45) is 5.33. The first kappa shape index (κ1) is 14.7. The summed E-state index contributed by atoms with van der Waals surface area (Å²) in [5.74, 6) is -1.35. The Morgan fingerprint density at radius 3 is 2.83 bits per heavy atom. The number of aliphatic carboxylic acids is 1. The lowest BCUT2D eigenvalue weighted by molar-refractivity contribution is -0.142. The molecule has 1 heterocycles. The summed E-state index contributed by atoms with van der Waals surface area (Å²) in [5, 5.41) is 15.4. The maximum atomic E-state index is 11.6. The van der Waals surface area contributed by atoms with Crippen LogP contribution in [-0.4, -0.2) is 32.8 Å². The van der Waals surface area contributed by atoms with Gasteiger partial charge < -0.3 is 10.4 Å².